The highest BCUT2D eigenvalue weighted by molar-refractivity contribution is 6.31. The first-order valence-electron chi connectivity index (χ1n) is 3.48. The van der Waals surface area contributed by atoms with E-state index >= 15 is 0 Å². The van der Waals surface area contributed by atoms with Gasteiger partial charge < -0.3 is 0 Å². The maximum atomic E-state index is 12.2. The summed E-state index contributed by atoms with van der Waals surface area (Å²) in [6.45, 7) is 0. The van der Waals surface area contributed by atoms with Crippen molar-refractivity contribution in [3.05, 3.63) is 34.3 Å². The molecule has 0 nitrogen and oxygen atoms in total. The van der Waals surface area contributed by atoms with Crippen molar-refractivity contribution >= 4 is 11.6 Å². The number of rotatable bonds is 0. The lowest BCUT2D eigenvalue weighted by Crippen LogP contribution is -2.16. The summed E-state index contributed by atoms with van der Waals surface area (Å²) in [5.41, 5.74) is -3.71. The molecular formula is C8H2ClF6. The minimum atomic E-state index is -5.14. The quantitative estimate of drug-likeness (QED) is 0.604. The van der Waals surface area contributed by atoms with Gasteiger partial charge in [0, 0.05) is 0 Å². The smallest absolute Gasteiger partial charge is 0.166 e. The van der Waals surface area contributed by atoms with E-state index in [4.69, 9.17) is 11.6 Å². The van der Waals surface area contributed by atoms with Crippen LogP contribution in [-0.2, 0) is 12.4 Å². The Labute approximate surface area is 85.5 Å². The van der Waals surface area contributed by atoms with Gasteiger partial charge in [-0.2, -0.15) is 26.3 Å². The lowest BCUT2D eigenvalue weighted by molar-refractivity contribution is -0.162. The largest absolute Gasteiger partial charge is 0.418 e. The van der Waals surface area contributed by atoms with Gasteiger partial charge >= 0.3 is 12.4 Å². The number of alkyl halides is 6. The highest BCUT2D eigenvalue weighted by atomic mass is 35.5. The molecular weight excluding hydrogens is 246 g/mol. The van der Waals surface area contributed by atoms with E-state index in [1.54, 1.807) is 0 Å². The average molecular weight is 248 g/mol. The van der Waals surface area contributed by atoms with Gasteiger partial charge in [-0.25, -0.2) is 0 Å². The van der Waals surface area contributed by atoms with Crippen LogP contribution >= 0.6 is 11.6 Å². The zero-order valence-electron chi connectivity index (χ0n) is 6.80. The maximum Gasteiger partial charge on any atom is 0.418 e. The van der Waals surface area contributed by atoms with E-state index in [0.717, 1.165) is 0 Å². The Morgan fingerprint density at radius 2 is 1.47 bits per heavy atom. The van der Waals surface area contributed by atoms with Gasteiger partial charge in [-0.05, 0) is 18.2 Å². The Kier molecular flexibility index (Phi) is 2.91. The van der Waals surface area contributed by atoms with Crippen molar-refractivity contribution < 1.29 is 26.3 Å². The molecule has 0 heterocycles. The second-order valence-corrected chi connectivity index (χ2v) is 2.99. The van der Waals surface area contributed by atoms with Crippen LogP contribution in [-0.4, -0.2) is 0 Å². The van der Waals surface area contributed by atoms with Gasteiger partial charge in [0.2, 0.25) is 0 Å². The van der Waals surface area contributed by atoms with E-state index in [1.807, 2.05) is 6.07 Å². The highest BCUT2D eigenvalue weighted by Crippen LogP contribution is 2.43. The molecule has 0 atom stereocenters. The molecule has 1 aromatic carbocycles. The van der Waals surface area contributed by atoms with Gasteiger partial charge in [-0.15, -0.1) is 0 Å². The molecule has 0 aromatic heterocycles. The molecule has 0 aliphatic carbocycles. The summed E-state index contributed by atoms with van der Waals surface area (Å²) in [6, 6.07) is 2.75. The van der Waals surface area contributed by atoms with Gasteiger partial charge in [-0.3, -0.25) is 0 Å². The second-order valence-electron chi connectivity index (χ2n) is 2.59. The number of hydrogen-bond acceptors (Lipinski definition) is 0. The third kappa shape index (κ3) is 2.56. The molecule has 0 saturated carbocycles. The van der Waals surface area contributed by atoms with Crippen molar-refractivity contribution in [2.45, 2.75) is 12.4 Å². The van der Waals surface area contributed by atoms with E-state index < -0.39 is 28.5 Å². The fourth-order valence-electron chi connectivity index (χ4n) is 0.983. The van der Waals surface area contributed by atoms with Crippen molar-refractivity contribution in [3.8, 4) is 0 Å². The summed E-state index contributed by atoms with van der Waals surface area (Å²) in [4.78, 5) is 0. The van der Waals surface area contributed by atoms with Crippen LogP contribution in [0.25, 0.3) is 0 Å². The van der Waals surface area contributed by atoms with Crippen LogP contribution in [0.5, 0.6) is 0 Å². The lowest BCUT2D eigenvalue weighted by atomic mass is 10.1. The third-order valence-electron chi connectivity index (χ3n) is 1.53. The molecule has 7 heteroatoms. The minimum absolute atomic E-state index is 0.217. The van der Waals surface area contributed by atoms with Crippen molar-refractivity contribution in [2.24, 2.45) is 0 Å². The van der Waals surface area contributed by atoms with Crippen LogP contribution < -0.4 is 0 Å². The van der Waals surface area contributed by atoms with Crippen LogP contribution in [0.2, 0.25) is 5.02 Å². The highest BCUT2D eigenvalue weighted by Gasteiger charge is 2.44. The molecule has 1 radical (unpaired) electrons. The standard InChI is InChI=1S/C8H2ClF6/c9-5-3-1-2-4(7(10,11)12)6(5)8(13,14)15/h2-3H. The van der Waals surface area contributed by atoms with Crippen LogP contribution in [0.4, 0.5) is 26.3 Å². The van der Waals surface area contributed by atoms with Crippen LogP contribution in [0.1, 0.15) is 11.1 Å². The maximum absolute atomic E-state index is 12.2. The zero-order chi connectivity index (χ0) is 11.9. The number of benzene rings is 1. The van der Waals surface area contributed by atoms with Gasteiger partial charge in [0.15, 0.2) is 0 Å². The molecule has 1 rings (SSSR count). The van der Waals surface area contributed by atoms with Crippen molar-refractivity contribution in [3.63, 3.8) is 0 Å². The third-order valence-corrected chi connectivity index (χ3v) is 1.83. The van der Waals surface area contributed by atoms with Crippen LogP contribution in [0, 0.1) is 6.07 Å². The summed E-state index contributed by atoms with van der Waals surface area (Å²) in [6.07, 6.45) is -10.2. The molecule has 0 aliphatic rings. The average Bonchev–Trinajstić information content (AvgIpc) is 1.99. The Bertz CT molecular complexity index is 364. The monoisotopic (exact) mass is 247 g/mol. The summed E-state index contributed by atoms with van der Waals surface area (Å²) >= 11 is 5.07. The van der Waals surface area contributed by atoms with Gasteiger partial charge in [0.05, 0.1) is 16.1 Å². The van der Waals surface area contributed by atoms with Gasteiger partial charge in [-0.1, -0.05) is 11.6 Å². The van der Waals surface area contributed by atoms with Crippen molar-refractivity contribution in [1.29, 1.82) is 0 Å². The summed E-state index contributed by atoms with van der Waals surface area (Å²) in [5, 5.41) is -1.02. The normalized spacial score (nSPS) is 13.0. The number of halogens is 7. The molecule has 0 spiro atoms. The molecule has 0 bridgehead atoms. The topological polar surface area (TPSA) is 0 Å². The van der Waals surface area contributed by atoms with Gasteiger partial charge in [0.1, 0.15) is 0 Å². The fourth-order valence-corrected chi connectivity index (χ4v) is 1.25. The molecule has 0 fully saturated rings. The predicted octanol–water partition coefficient (Wildman–Crippen LogP) is 4.18. The Hall–Kier alpha value is -0.910. The Balaban J connectivity index is 3.48. The zero-order valence-corrected chi connectivity index (χ0v) is 7.56. The molecule has 1 aromatic rings. The number of hydrogen-bond donors (Lipinski definition) is 0. The van der Waals surface area contributed by atoms with E-state index in [0.29, 0.717) is 6.07 Å². The first kappa shape index (κ1) is 12.2. The van der Waals surface area contributed by atoms with E-state index in [2.05, 4.69) is 0 Å². The first-order valence-corrected chi connectivity index (χ1v) is 3.86. The molecule has 83 valence electrons. The minimum Gasteiger partial charge on any atom is -0.166 e. The Morgan fingerprint density at radius 1 is 0.933 bits per heavy atom. The van der Waals surface area contributed by atoms with Gasteiger partial charge in [0.25, 0.3) is 0 Å². The molecule has 0 amide bonds. The lowest BCUT2D eigenvalue weighted by Gasteiger charge is -2.15. The van der Waals surface area contributed by atoms with Crippen LogP contribution in [0.15, 0.2) is 12.1 Å². The fraction of sp³-hybridized carbons (Fsp3) is 0.250. The summed E-state index contributed by atoms with van der Waals surface area (Å²) in [5.74, 6) is 0. The molecule has 0 unspecified atom stereocenters. The molecule has 0 N–H and O–H groups in total. The van der Waals surface area contributed by atoms with Crippen molar-refractivity contribution in [2.75, 3.05) is 0 Å². The molecule has 0 aliphatic heterocycles. The van der Waals surface area contributed by atoms with E-state index in [1.165, 1.54) is 0 Å². The van der Waals surface area contributed by atoms with E-state index in [9.17, 15) is 26.3 Å². The van der Waals surface area contributed by atoms with E-state index in [-0.39, 0.29) is 6.07 Å². The second kappa shape index (κ2) is 3.59. The summed E-state index contributed by atoms with van der Waals surface area (Å²) < 4.78 is 73.3. The molecule has 0 saturated heterocycles. The molecule has 15 heavy (non-hydrogen) atoms. The first-order chi connectivity index (χ1) is 6.64. The van der Waals surface area contributed by atoms with Crippen molar-refractivity contribution in [1.82, 2.24) is 0 Å². The predicted molar refractivity (Wildman–Crippen MR) is 40.3 cm³/mol. The van der Waals surface area contributed by atoms with Crippen LogP contribution in [0.3, 0.4) is 0 Å². The Morgan fingerprint density at radius 3 is 1.80 bits per heavy atom. The summed E-state index contributed by atoms with van der Waals surface area (Å²) in [7, 11) is 0. The SMILES string of the molecule is FC(F)(F)c1c[c]cc(Cl)c1C(F)(F)F.